The van der Waals surface area contributed by atoms with Crippen LogP contribution >= 0.6 is 34.8 Å². The number of nitrogens with zero attached hydrogens (tertiary/aromatic N) is 12. The molecule has 35 heteroatoms. The fourth-order valence-electron chi connectivity index (χ4n) is 12.0. The molecule has 12 aromatic rings. The molecule has 9 aromatic heterocycles. The highest BCUT2D eigenvalue weighted by Crippen LogP contribution is 2.28. The molecular formula is C76H79Cl3F3N21O8. The van der Waals surface area contributed by atoms with Crippen molar-refractivity contribution in [2.24, 2.45) is 17.2 Å². The zero-order valence-corrected chi connectivity index (χ0v) is 62.2. The first-order valence-electron chi connectivity index (χ1n) is 33.0. The molecule has 14 N–H and O–H groups in total. The third-order valence-electron chi connectivity index (χ3n) is 16.8. The van der Waals surface area contributed by atoms with Crippen LogP contribution in [0, 0.1) is 59.0 Å². The van der Waals surface area contributed by atoms with E-state index in [0.29, 0.717) is 82.5 Å². The summed E-state index contributed by atoms with van der Waals surface area (Å²) >= 11 is 17.9. The van der Waals surface area contributed by atoms with E-state index in [1.165, 1.54) is 69.4 Å². The summed E-state index contributed by atoms with van der Waals surface area (Å²) in [5.74, 6) is -4.74. The van der Waals surface area contributed by atoms with Crippen LogP contribution in [0.25, 0.3) is 32.7 Å². The number of rotatable bonds is 19. The smallest absolute Gasteiger partial charge is 0.413 e. The number of hydrogen-bond acceptors (Lipinski definition) is 19. The molecule has 0 atom stereocenters. The number of nitrogen functional groups attached to an aromatic ring is 2. The van der Waals surface area contributed by atoms with Crippen molar-refractivity contribution in [3.63, 3.8) is 0 Å². The first-order valence-corrected chi connectivity index (χ1v) is 34.2. The number of amides is 7. The molecule has 12 rings (SSSR count). The number of carbonyl (C=O) groups excluding carboxylic acids is 7. The Hall–Kier alpha value is -12.7. The summed E-state index contributed by atoms with van der Waals surface area (Å²) < 4.78 is 52.7. The maximum Gasteiger partial charge on any atom is 0.413 e. The van der Waals surface area contributed by atoms with Gasteiger partial charge < -0.3 is 49.4 Å². The summed E-state index contributed by atoms with van der Waals surface area (Å²) in [7, 11) is 0. The highest BCUT2D eigenvalue weighted by molar-refractivity contribution is 6.31. The van der Waals surface area contributed by atoms with E-state index in [0.717, 1.165) is 33.4 Å². The van der Waals surface area contributed by atoms with Crippen LogP contribution in [-0.2, 0) is 44.0 Å². The Balaban J connectivity index is 0.000000208. The van der Waals surface area contributed by atoms with E-state index in [1.807, 2.05) is 20.8 Å². The number of carbonyl (C=O) groups is 7. The Labute approximate surface area is 649 Å². The van der Waals surface area contributed by atoms with Gasteiger partial charge in [0.15, 0.2) is 0 Å². The van der Waals surface area contributed by atoms with Gasteiger partial charge in [0.1, 0.15) is 74.1 Å². The van der Waals surface area contributed by atoms with Gasteiger partial charge in [-0.15, -0.1) is 0 Å². The first-order chi connectivity index (χ1) is 51.5. The summed E-state index contributed by atoms with van der Waals surface area (Å²) in [4.78, 5) is 112. The zero-order valence-electron chi connectivity index (χ0n) is 59.9. The molecule has 111 heavy (non-hydrogen) atoms. The fourth-order valence-corrected chi connectivity index (χ4v) is 12.5. The molecular weight excluding hydrogens is 1500 g/mol. The summed E-state index contributed by atoms with van der Waals surface area (Å²) in [5.41, 5.74) is 36.0. The minimum atomic E-state index is -0.870. The second-order valence-electron chi connectivity index (χ2n) is 26.1. The van der Waals surface area contributed by atoms with Gasteiger partial charge >= 0.3 is 6.09 Å². The fraction of sp³-hybridized carbons (Fsp3) is 0.237. The molecule has 0 spiro atoms. The van der Waals surface area contributed by atoms with Gasteiger partial charge in [0.2, 0.25) is 0 Å². The maximum absolute atomic E-state index is 14.6. The molecule has 29 nitrogen and oxygen atoms in total. The van der Waals surface area contributed by atoms with Gasteiger partial charge in [-0.2, -0.15) is 15.3 Å². The molecule has 9 heterocycles. The van der Waals surface area contributed by atoms with Crippen LogP contribution in [0.4, 0.5) is 35.4 Å². The topological polar surface area (TPSA) is 438 Å². The second kappa shape index (κ2) is 35.1. The van der Waals surface area contributed by atoms with Crippen molar-refractivity contribution in [3.05, 3.63) is 243 Å². The predicted octanol–water partition coefficient (Wildman–Crippen LogP) is 11.7. The molecule has 0 saturated carbocycles. The van der Waals surface area contributed by atoms with E-state index >= 15 is 0 Å². The normalized spacial score (nSPS) is 11.0. The van der Waals surface area contributed by atoms with Gasteiger partial charge in [0.25, 0.3) is 35.4 Å². The lowest BCUT2D eigenvalue weighted by atomic mass is 10.1. The number of ether oxygens (including phenoxy) is 1. The minimum absolute atomic E-state index is 0. The number of hydrogen-bond donors (Lipinski definition) is 9. The molecule has 0 aliphatic heterocycles. The number of anilines is 3. The Morgan fingerprint density at radius 2 is 0.739 bits per heavy atom. The number of nitrogens with two attached hydrogens (primary N) is 5. The number of benzene rings is 3. The zero-order chi connectivity index (χ0) is 79.2. The number of aromatic nitrogens is 12. The standard InChI is InChI=1S/C28H29ClFN7O4.2C23H21ClFN7O2.2CH4/c1-14-6-22(36-27(40)41-28(3,4)5)35-15(2)19(14)11-33-26(39)20-12-34-37(24(20)25(31)38)13-16-7-17-9-18(29)10-32-23(17)21(30)8-16;2*1-11-3-19(26)31-12(2)16(11)8-29-23(34)17-9-30-32(21(17)22(27)33)10-13-4-14-6-15(24)7-28-20(14)18(25)5-13;;/h6-10,12H,11,13H2,1-5H3,(H2,31,38)(H,33,39)(H,35,36,40);2*3-7,9H,8,10H2,1-2H3,(H2,26,31)(H2,27,33)(H,29,34);2*1H4. The van der Waals surface area contributed by atoms with E-state index in [9.17, 15) is 46.7 Å². The van der Waals surface area contributed by atoms with Crippen molar-refractivity contribution in [2.45, 2.75) is 122 Å². The van der Waals surface area contributed by atoms with E-state index in [1.54, 1.807) is 96.1 Å². The Morgan fingerprint density at radius 3 is 1.02 bits per heavy atom. The van der Waals surface area contributed by atoms with Crippen molar-refractivity contribution < 1.29 is 51.5 Å². The number of primary amides is 3. The van der Waals surface area contributed by atoms with Crippen molar-refractivity contribution in [3.8, 4) is 0 Å². The van der Waals surface area contributed by atoms with Crippen LogP contribution in [0.3, 0.4) is 0 Å². The largest absolute Gasteiger partial charge is 0.444 e. The predicted molar refractivity (Wildman–Crippen MR) is 416 cm³/mol. The third kappa shape index (κ3) is 20.2. The van der Waals surface area contributed by atoms with Gasteiger partial charge in [0, 0.05) is 71.5 Å². The number of aryl methyl sites for hydroxylation is 6. The Bertz CT molecular complexity index is 5380. The lowest BCUT2D eigenvalue weighted by molar-refractivity contribution is 0.0633. The maximum atomic E-state index is 14.6. The van der Waals surface area contributed by atoms with Crippen molar-refractivity contribution >= 4 is 127 Å². The molecule has 0 aliphatic rings. The molecule has 0 unspecified atom stereocenters. The lowest BCUT2D eigenvalue weighted by Gasteiger charge is -2.20. The van der Waals surface area contributed by atoms with E-state index in [4.69, 9.17) is 68.2 Å². The van der Waals surface area contributed by atoms with Crippen molar-refractivity contribution in [1.29, 1.82) is 0 Å². The lowest BCUT2D eigenvalue weighted by Crippen LogP contribution is -2.28. The molecule has 0 bridgehead atoms. The summed E-state index contributed by atoms with van der Waals surface area (Å²) in [6.07, 6.45) is 7.19. The van der Waals surface area contributed by atoms with Gasteiger partial charge in [-0.25, -0.2) is 32.9 Å². The van der Waals surface area contributed by atoms with Crippen LogP contribution in [0.15, 0.2) is 110 Å². The van der Waals surface area contributed by atoms with Crippen LogP contribution in [-0.4, -0.2) is 106 Å². The SMILES string of the molecule is C.C.Cc1cc(N)nc(C)c1CNC(=O)c1cnn(Cc2cc(F)c3ncc(Cl)cc3c2)c1C(N)=O.Cc1cc(N)nc(C)c1CNC(=O)c1cnn(Cc2cc(F)c3ncc(Cl)cc3c2)c1C(N)=O.Cc1cc(NC(=O)OC(C)(C)C)nc(C)c1CNC(=O)c1cnn(Cc2cc(F)c3ncc(Cl)cc3c2)c1C(N)=O. The molecule has 0 radical (unpaired) electrons. The Morgan fingerprint density at radius 1 is 0.441 bits per heavy atom. The van der Waals surface area contributed by atoms with Crippen molar-refractivity contribution in [2.75, 3.05) is 16.8 Å². The summed E-state index contributed by atoms with van der Waals surface area (Å²) in [6.45, 7) is 16.6. The minimum Gasteiger partial charge on any atom is -0.444 e. The average Bonchev–Trinajstić information content (AvgIpc) is 1.75. The molecule has 0 aliphatic carbocycles. The van der Waals surface area contributed by atoms with Gasteiger partial charge in [0.05, 0.1) is 70.0 Å². The molecule has 0 fully saturated rings. The molecule has 3 aromatic carbocycles. The summed E-state index contributed by atoms with van der Waals surface area (Å²) in [6, 6.07) is 18.7. The average molecular weight is 1580 g/mol. The first kappa shape index (κ1) is 84.0. The molecule has 578 valence electrons. The number of fused-ring (bicyclic) bond motifs is 3. The second-order valence-corrected chi connectivity index (χ2v) is 27.4. The molecule has 7 amide bonds. The highest BCUT2D eigenvalue weighted by Gasteiger charge is 2.27. The molecule has 0 saturated heterocycles. The summed E-state index contributed by atoms with van der Waals surface area (Å²) in [5, 5.41) is 25.9. The van der Waals surface area contributed by atoms with Gasteiger partial charge in [-0.3, -0.25) is 63.1 Å². The number of pyridine rings is 6. The number of halogens is 6. The van der Waals surface area contributed by atoms with Crippen LogP contribution < -0.4 is 49.9 Å². The monoisotopic (exact) mass is 1580 g/mol. The highest BCUT2D eigenvalue weighted by atomic mass is 35.5. The van der Waals surface area contributed by atoms with E-state index < -0.39 is 64.6 Å². The van der Waals surface area contributed by atoms with Gasteiger partial charge in [-0.1, -0.05) is 49.7 Å². The van der Waals surface area contributed by atoms with Crippen LogP contribution in [0.2, 0.25) is 15.1 Å². The quantitative estimate of drug-likeness (QED) is 0.0363. The number of nitrogens with one attached hydrogen (secondary N) is 4. The van der Waals surface area contributed by atoms with Crippen LogP contribution in [0.5, 0.6) is 0 Å². The van der Waals surface area contributed by atoms with Crippen LogP contribution in [0.1, 0.15) is 165 Å². The van der Waals surface area contributed by atoms with Crippen molar-refractivity contribution in [1.82, 2.24) is 75.2 Å². The Kier molecular flexibility index (Phi) is 26.6. The van der Waals surface area contributed by atoms with E-state index in [-0.39, 0.29) is 104 Å². The third-order valence-corrected chi connectivity index (χ3v) is 17.5. The van der Waals surface area contributed by atoms with E-state index in [2.05, 4.69) is 66.5 Å². The van der Waals surface area contributed by atoms with Gasteiger partial charge in [-0.05, 0) is 185 Å².